The lowest BCUT2D eigenvalue weighted by Crippen LogP contribution is -2.40. The van der Waals surface area contributed by atoms with Crippen LogP contribution in [0.15, 0.2) is 141 Å². The number of furan rings is 3. The molecule has 0 saturated carbocycles. The number of nitrogens with one attached hydrogen (secondary N) is 4. The number of H-pyrrole nitrogens is 3. The predicted molar refractivity (Wildman–Crippen MR) is 497 cm³/mol. The van der Waals surface area contributed by atoms with Crippen LogP contribution >= 0.6 is 12.4 Å². The maximum Gasteiger partial charge on any atom is 0.261 e. The van der Waals surface area contributed by atoms with E-state index in [2.05, 4.69) is 146 Å². The quantitative estimate of drug-likeness (QED) is 0.0593. The van der Waals surface area contributed by atoms with E-state index in [0.717, 1.165) is 160 Å². The smallest absolute Gasteiger partial charge is 0.261 e. The fraction of sp³-hybridized carbons (Fsp3) is 0.447. The van der Waals surface area contributed by atoms with Crippen molar-refractivity contribution >= 4 is 146 Å². The second-order valence-corrected chi connectivity index (χ2v) is 37.6. The predicted octanol–water partition coefficient (Wildman–Crippen LogP) is 13.5. The van der Waals surface area contributed by atoms with Gasteiger partial charge in [-0.3, -0.25) is 19.1 Å². The lowest BCUT2D eigenvalue weighted by Gasteiger charge is -2.39. The number of aromatic nitrogens is 12. The van der Waals surface area contributed by atoms with Crippen molar-refractivity contribution in [3.05, 3.63) is 145 Å². The van der Waals surface area contributed by atoms with Crippen molar-refractivity contribution in [2.45, 2.75) is 70.9 Å². The maximum absolute atomic E-state index is 11.3. The van der Waals surface area contributed by atoms with Crippen LogP contribution in [0.3, 0.4) is 0 Å². The Hall–Kier alpha value is -10.7. The number of morpholine rings is 3. The number of pyridine rings is 3. The Kier molecular flexibility index (Phi) is 24.6. The summed E-state index contributed by atoms with van der Waals surface area (Å²) in [5, 5.41) is 9.31. The first-order valence-electron chi connectivity index (χ1n) is 44.5. The Bertz CT molecular complexity index is 6320. The third-order valence-corrected chi connectivity index (χ3v) is 27.4. The molecular weight excluding hydrogens is 1650 g/mol. The molecule has 31 nitrogen and oxygen atoms in total. The number of carbonyl (C=O) groups excluding carboxylic acids is 1. The molecule has 0 radical (unpaired) electrons. The SMILES string of the molecule is CN1CCC2(CCN(Cc3cnc4oc5c(N6CCOCC6)nc(-c6cccc7[nH]ccc67)nc5c4c3)CC2)C1.CN1CCC2(CCN(Cc3cnc4oc5c(N6CCOCC6)nc(-c6cccc7[nH]ccc67)nc5c4c3)CC2)C1.CN1CCC2(CCNCC2)C1.CS(=O)(=O)O.Cl.O=Cc1cnc2oc3c(N4CCOCC4)nc(-c4cccc5[nH]ccc45)nc3c2c1. The summed E-state index contributed by atoms with van der Waals surface area (Å²) in [5.74, 6) is 4.37. The third kappa shape index (κ3) is 18.2. The van der Waals surface area contributed by atoms with Crippen LogP contribution in [-0.4, -0.2) is 288 Å². The van der Waals surface area contributed by atoms with Crippen LogP contribution < -0.4 is 20.0 Å². The Balaban J connectivity index is 0.000000114. The molecule has 24 rings (SSSR count). The minimum Gasteiger partial charge on any atom is -0.432 e. The highest BCUT2D eigenvalue weighted by Crippen LogP contribution is 2.46. The van der Waals surface area contributed by atoms with Gasteiger partial charge in [0.15, 0.2) is 58.0 Å². The van der Waals surface area contributed by atoms with Gasteiger partial charge in [0.25, 0.3) is 10.1 Å². The van der Waals surface area contributed by atoms with E-state index in [4.69, 9.17) is 71.9 Å². The van der Waals surface area contributed by atoms with Crippen LogP contribution in [0, 0.1) is 16.2 Å². The molecule has 9 saturated heterocycles. The van der Waals surface area contributed by atoms with Gasteiger partial charge < -0.3 is 77.1 Å². The first kappa shape index (κ1) is 85.7. The van der Waals surface area contributed by atoms with Gasteiger partial charge in [-0.15, -0.1) is 12.4 Å². The fourth-order valence-electron chi connectivity index (χ4n) is 20.6. The molecule has 0 amide bonds. The van der Waals surface area contributed by atoms with Crippen LogP contribution in [0.25, 0.3) is 133 Å². The number of rotatable bonds is 11. The van der Waals surface area contributed by atoms with E-state index >= 15 is 0 Å². The summed E-state index contributed by atoms with van der Waals surface area (Å²) in [5.41, 5.74) is 16.7. The highest BCUT2D eigenvalue weighted by molar-refractivity contribution is 7.85. The topological polar surface area (TPSA) is 340 Å². The molecule has 0 unspecified atom stereocenters. The summed E-state index contributed by atoms with van der Waals surface area (Å²) in [6.07, 6.45) is 24.8. The lowest BCUT2D eigenvalue weighted by atomic mass is 9.78. The van der Waals surface area contributed by atoms with Crippen LogP contribution in [0.1, 0.15) is 79.3 Å². The monoisotopic (exact) mass is 1760 g/mol. The molecule has 9 fully saturated rings. The van der Waals surface area contributed by atoms with Crippen molar-refractivity contribution in [3.8, 4) is 34.2 Å². The van der Waals surface area contributed by atoms with Gasteiger partial charge in [0.2, 0.25) is 17.1 Å². The number of halogens is 1. The number of ether oxygens (including phenoxy) is 3. The first-order valence-corrected chi connectivity index (χ1v) is 46.3. The molecule has 3 spiro atoms. The van der Waals surface area contributed by atoms with E-state index in [9.17, 15) is 13.2 Å². The molecule has 127 heavy (non-hydrogen) atoms. The van der Waals surface area contributed by atoms with Crippen LogP contribution in [0.4, 0.5) is 17.5 Å². The number of likely N-dealkylation sites (tertiary alicyclic amines) is 5. The van der Waals surface area contributed by atoms with Crippen molar-refractivity contribution in [3.63, 3.8) is 0 Å². The Labute approximate surface area is 741 Å². The normalized spacial score (nSPS) is 19.6. The van der Waals surface area contributed by atoms with Crippen LogP contribution in [-0.2, 0) is 37.4 Å². The van der Waals surface area contributed by atoms with Gasteiger partial charge >= 0.3 is 0 Å². The summed E-state index contributed by atoms with van der Waals surface area (Å²) in [4.78, 5) is 84.5. The van der Waals surface area contributed by atoms with E-state index in [1.54, 1.807) is 6.07 Å². The maximum atomic E-state index is 11.3. The molecule has 0 aliphatic carbocycles. The van der Waals surface area contributed by atoms with Gasteiger partial charge in [0, 0.05) is 164 Å². The van der Waals surface area contributed by atoms with Gasteiger partial charge in [0.1, 0.15) is 16.6 Å². The molecule has 12 aromatic heterocycles. The summed E-state index contributed by atoms with van der Waals surface area (Å²) >= 11 is 0. The molecule has 0 atom stereocenters. The van der Waals surface area contributed by atoms with E-state index in [-0.39, 0.29) is 12.4 Å². The highest BCUT2D eigenvalue weighted by Gasteiger charge is 2.42. The average molecular weight is 1760 g/mol. The number of aldehydes is 1. The number of hydrogen-bond acceptors (Lipinski definition) is 27. The van der Waals surface area contributed by atoms with Gasteiger partial charge in [-0.25, -0.2) is 44.9 Å². The largest absolute Gasteiger partial charge is 0.432 e. The average Bonchev–Trinajstić information content (AvgIpc) is 1.60. The first-order chi connectivity index (χ1) is 61.4. The molecule has 9 aliphatic heterocycles. The minimum absolute atomic E-state index is 0. The molecule has 21 heterocycles. The highest BCUT2D eigenvalue weighted by atomic mass is 35.5. The zero-order valence-corrected chi connectivity index (χ0v) is 74.1. The summed E-state index contributed by atoms with van der Waals surface area (Å²) < 4.78 is 61.5. The minimum atomic E-state index is -3.67. The van der Waals surface area contributed by atoms with Crippen molar-refractivity contribution < 1.29 is 45.2 Å². The summed E-state index contributed by atoms with van der Waals surface area (Å²) in [7, 11) is 3.10. The zero-order valence-electron chi connectivity index (χ0n) is 72.5. The molecule has 664 valence electrons. The number of fused-ring (bicyclic) bond motifs is 12. The van der Waals surface area contributed by atoms with Crippen molar-refractivity contribution in [2.75, 3.05) is 200 Å². The number of hydrogen-bond donors (Lipinski definition) is 5. The van der Waals surface area contributed by atoms with Crippen molar-refractivity contribution in [2.24, 2.45) is 16.2 Å². The lowest BCUT2D eigenvalue weighted by molar-refractivity contribution is 0.105. The van der Waals surface area contributed by atoms with Crippen molar-refractivity contribution in [1.29, 1.82) is 0 Å². The fourth-order valence-corrected chi connectivity index (χ4v) is 20.6. The Morgan fingerprint density at radius 2 is 0.740 bits per heavy atom. The third-order valence-electron chi connectivity index (χ3n) is 27.4. The van der Waals surface area contributed by atoms with Crippen LogP contribution in [0.5, 0.6) is 0 Å². The molecule has 15 aromatic rings. The molecule has 9 aliphatic rings. The van der Waals surface area contributed by atoms with Crippen LogP contribution in [0.2, 0.25) is 0 Å². The van der Waals surface area contributed by atoms with Gasteiger partial charge in [-0.2, -0.15) is 8.42 Å². The summed E-state index contributed by atoms with van der Waals surface area (Å²) in [6.45, 7) is 24.9. The van der Waals surface area contributed by atoms with Crippen molar-refractivity contribution in [1.82, 2.24) is 89.6 Å². The van der Waals surface area contributed by atoms with E-state index in [1.807, 2.05) is 55.2 Å². The van der Waals surface area contributed by atoms with Gasteiger partial charge in [-0.05, 0) is 220 Å². The molecular formula is C94H110ClN21O10S. The van der Waals surface area contributed by atoms with E-state index in [1.165, 1.54) is 127 Å². The number of nitrogens with zero attached hydrogens (tertiary/aromatic N) is 17. The van der Waals surface area contributed by atoms with E-state index < -0.39 is 10.1 Å². The Morgan fingerprint density at radius 3 is 1.07 bits per heavy atom. The molecule has 0 bridgehead atoms. The Morgan fingerprint density at radius 1 is 0.417 bits per heavy atom. The molecule has 5 N–H and O–H groups in total. The number of anilines is 3. The number of carbonyl (C=O) groups is 1. The summed E-state index contributed by atoms with van der Waals surface area (Å²) in [6, 6.07) is 30.9. The second kappa shape index (κ2) is 36.4. The molecule has 33 heteroatoms. The zero-order chi connectivity index (χ0) is 85.7. The molecule has 3 aromatic carbocycles. The van der Waals surface area contributed by atoms with E-state index in [0.29, 0.717) is 143 Å². The second-order valence-electron chi connectivity index (χ2n) is 36.1. The van der Waals surface area contributed by atoms with Gasteiger partial charge in [0.05, 0.1) is 62.1 Å². The number of piperidine rings is 3. The standard InChI is InChI=1S/2C31H35N7O2.C22H17N5O3.C9H18N2.CH4O3S.ClH/c2*1-36-10-6-31(20-36)7-11-37(12-8-31)19-21-17-24-26-27(40-30(24)33-18-21)29(38-13-15-39-16-14-38)35-28(34-26)23-3-2-4-25-22(23)5-9-32-25;28-12-13-10-16-18-19(30-22(16)24-11-13)21(27-6-8-29-9-7-27)26-20(25-18)15-2-1-3-17-14(15)4-5-23-17;1-11-7-4-9(8-11)2-5-10-6-3-9;1-5(2,3)4;/h2*2-5,9,17-18,32H,6-8,10-16,19-20H2,1H3;1-5,10-12,23H,6-9H2;10H,2-8H2,1H3;1H3,(H,2,3,4);1H. The number of benzene rings is 3. The van der Waals surface area contributed by atoms with Gasteiger partial charge in [-0.1, -0.05) is 36.4 Å². The number of aromatic amines is 3.